The number of amides is 1. The second kappa shape index (κ2) is 9.29. The van der Waals surface area contributed by atoms with Gasteiger partial charge in [-0.25, -0.2) is 4.79 Å². The lowest BCUT2D eigenvalue weighted by atomic mass is 10.2. The van der Waals surface area contributed by atoms with Crippen LogP contribution in [0.3, 0.4) is 0 Å². The van der Waals surface area contributed by atoms with Crippen LogP contribution in [0, 0.1) is 0 Å². The molecule has 2 aromatic rings. The number of ether oxygens (including phenoxy) is 4. The Morgan fingerprint density at radius 2 is 1.86 bits per heavy atom. The molecule has 0 saturated carbocycles. The Morgan fingerprint density at radius 1 is 1.10 bits per heavy atom. The summed E-state index contributed by atoms with van der Waals surface area (Å²) in [6.07, 6.45) is 0. The van der Waals surface area contributed by atoms with E-state index in [1.165, 1.54) is 17.0 Å². The first-order valence-corrected chi connectivity index (χ1v) is 9.14. The van der Waals surface area contributed by atoms with E-state index >= 15 is 0 Å². The standard InChI is InChI=1S/C20H18ClNO7/c1-2-26-18(24)10-22(14-6-4-3-5-7-14)17(23)11-27-20(25)13-8-15(21)19-16(9-13)28-12-29-19/h3-9H,2,10-12H2,1H3. The fraction of sp³-hybridized carbons (Fsp3) is 0.250. The number of carbonyl (C=O) groups is 3. The number of hydrogen-bond donors (Lipinski definition) is 0. The highest BCUT2D eigenvalue weighted by Gasteiger charge is 2.24. The molecule has 152 valence electrons. The van der Waals surface area contributed by atoms with Crippen LogP contribution < -0.4 is 14.4 Å². The molecular formula is C20H18ClNO7. The molecule has 0 aromatic heterocycles. The summed E-state index contributed by atoms with van der Waals surface area (Å²) in [5.41, 5.74) is 0.594. The number of anilines is 1. The van der Waals surface area contributed by atoms with Crippen molar-refractivity contribution in [3.8, 4) is 11.5 Å². The van der Waals surface area contributed by atoms with E-state index in [0.29, 0.717) is 17.2 Å². The highest BCUT2D eigenvalue weighted by atomic mass is 35.5. The number of para-hydroxylation sites is 1. The number of fused-ring (bicyclic) bond motifs is 1. The number of carbonyl (C=O) groups excluding carboxylic acids is 3. The summed E-state index contributed by atoms with van der Waals surface area (Å²) >= 11 is 6.06. The lowest BCUT2D eigenvalue weighted by Gasteiger charge is -2.21. The third-order valence-corrected chi connectivity index (χ3v) is 4.23. The predicted octanol–water partition coefficient (Wildman–Crippen LogP) is 2.82. The molecule has 0 saturated heterocycles. The van der Waals surface area contributed by atoms with Crippen molar-refractivity contribution in [2.45, 2.75) is 6.92 Å². The van der Waals surface area contributed by atoms with Gasteiger partial charge >= 0.3 is 11.9 Å². The zero-order chi connectivity index (χ0) is 20.8. The number of halogens is 1. The average molecular weight is 420 g/mol. The molecule has 2 aromatic carbocycles. The Kier molecular flexibility index (Phi) is 6.56. The van der Waals surface area contributed by atoms with Crippen LogP contribution in [0.2, 0.25) is 5.02 Å². The number of benzene rings is 2. The Balaban J connectivity index is 1.69. The first-order chi connectivity index (χ1) is 14.0. The highest BCUT2D eigenvalue weighted by Crippen LogP contribution is 2.39. The van der Waals surface area contributed by atoms with E-state index < -0.39 is 24.5 Å². The molecule has 0 fully saturated rings. The maximum atomic E-state index is 12.6. The van der Waals surface area contributed by atoms with Crippen molar-refractivity contribution in [1.29, 1.82) is 0 Å². The Hall–Kier alpha value is -3.26. The zero-order valence-electron chi connectivity index (χ0n) is 15.6. The van der Waals surface area contributed by atoms with E-state index in [4.69, 9.17) is 30.5 Å². The number of rotatable bonds is 7. The maximum Gasteiger partial charge on any atom is 0.338 e. The van der Waals surface area contributed by atoms with E-state index in [1.54, 1.807) is 37.3 Å². The van der Waals surface area contributed by atoms with Gasteiger partial charge < -0.3 is 18.9 Å². The first kappa shape index (κ1) is 20.5. The molecule has 0 atom stereocenters. The van der Waals surface area contributed by atoms with Crippen molar-refractivity contribution in [2.24, 2.45) is 0 Å². The molecule has 0 radical (unpaired) electrons. The molecule has 9 heteroatoms. The van der Waals surface area contributed by atoms with Crippen LogP contribution >= 0.6 is 11.6 Å². The van der Waals surface area contributed by atoms with Gasteiger partial charge in [-0.3, -0.25) is 14.5 Å². The minimum absolute atomic E-state index is 0.00589. The van der Waals surface area contributed by atoms with Crippen molar-refractivity contribution in [2.75, 3.05) is 31.5 Å². The lowest BCUT2D eigenvalue weighted by molar-refractivity contribution is -0.142. The van der Waals surface area contributed by atoms with Crippen molar-refractivity contribution < 1.29 is 33.3 Å². The van der Waals surface area contributed by atoms with Gasteiger partial charge in [0.2, 0.25) is 6.79 Å². The summed E-state index contributed by atoms with van der Waals surface area (Å²) in [6.45, 7) is 0.996. The second-order valence-electron chi connectivity index (χ2n) is 5.89. The van der Waals surface area contributed by atoms with Crippen LogP contribution in [0.15, 0.2) is 42.5 Å². The van der Waals surface area contributed by atoms with Gasteiger partial charge in [0.15, 0.2) is 18.1 Å². The quantitative estimate of drug-likeness (QED) is 0.637. The average Bonchev–Trinajstić information content (AvgIpc) is 3.20. The molecular weight excluding hydrogens is 402 g/mol. The zero-order valence-corrected chi connectivity index (χ0v) is 16.3. The highest BCUT2D eigenvalue weighted by molar-refractivity contribution is 6.32. The van der Waals surface area contributed by atoms with Crippen molar-refractivity contribution in [1.82, 2.24) is 0 Å². The number of hydrogen-bond acceptors (Lipinski definition) is 7. The molecule has 1 aliphatic heterocycles. The molecule has 0 N–H and O–H groups in total. The Labute approximate surface area is 171 Å². The van der Waals surface area contributed by atoms with Gasteiger partial charge in [-0.2, -0.15) is 0 Å². The van der Waals surface area contributed by atoms with E-state index in [1.807, 2.05) is 0 Å². The number of esters is 2. The molecule has 0 spiro atoms. The fourth-order valence-corrected chi connectivity index (χ4v) is 2.91. The molecule has 8 nitrogen and oxygen atoms in total. The summed E-state index contributed by atoms with van der Waals surface area (Å²) in [4.78, 5) is 38.1. The van der Waals surface area contributed by atoms with Crippen LogP contribution in [0.1, 0.15) is 17.3 Å². The van der Waals surface area contributed by atoms with Crippen LogP contribution in [-0.2, 0) is 19.1 Å². The molecule has 1 amide bonds. The van der Waals surface area contributed by atoms with Gasteiger partial charge in [-0.1, -0.05) is 29.8 Å². The monoisotopic (exact) mass is 419 g/mol. The Morgan fingerprint density at radius 3 is 2.59 bits per heavy atom. The predicted molar refractivity (Wildman–Crippen MR) is 103 cm³/mol. The van der Waals surface area contributed by atoms with E-state index in [9.17, 15) is 14.4 Å². The van der Waals surface area contributed by atoms with Crippen LogP contribution in [0.5, 0.6) is 11.5 Å². The Bertz CT molecular complexity index is 917. The number of nitrogens with zero attached hydrogens (tertiary/aromatic N) is 1. The molecule has 0 aliphatic carbocycles. The second-order valence-corrected chi connectivity index (χ2v) is 6.30. The normalized spacial score (nSPS) is 11.7. The molecule has 29 heavy (non-hydrogen) atoms. The summed E-state index contributed by atoms with van der Waals surface area (Å²) in [6, 6.07) is 11.3. The van der Waals surface area contributed by atoms with Gasteiger partial charge in [0.05, 0.1) is 17.2 Å². The third-order valence-electron chi connectivity index (χ3n) is 3.95. The van der Waals surface area contributed by atoms with Crippen LogP contribution in [0.4, 0.5) is 5.69 Å². The minimum atomic E-state index is -0.761. The van der Waals surface area contributed by atoms with Crippen molar-refractivity contribution in [3.05, 3.63) is 53.1 Å². The minimum Gasteiger partial charge on any atom is -0.465 e. The summed E-state index contributed by atoms with van der Waals surface area (Å²) < 4.78 is 20.4. The van der Waals surface area contributed by atoms with Gasteiger partial charge in [-0.05, 0) is 31.2 Å². The van der Waals surface area contributed by atoms with E-state index in [2.05, 4.69) is 0 Å². The lowest BCUT2D eigenvalue weighted by Crippen LogP contribution is -2.39. The van der Waals surface area contributed by atoms with Gasteiger partial charge in [0, 0.05) is 5.69 Å². The molecule has 0 unspecified atom stereocenters. The van der Waals surface area contributed by atoms with Crippen LogP contribution in [0.25, 0.3) is 0 Å². The summed E-state index contributed by atoms with van der Waals surface area (Å²) in [5.74, 6) is -1.24. The van der Waals surface area contributed by atoms with Crippen molar-refractivity contribution in [3.63, 3.8) is 0 Å². The van der Waals surface area contributed by atoms with Crippen LogP contribution in [-0.4, -0.2) is 44.4 Å². The third kappa shape index (κ3) is 4.97. The SMILES string of the molecule is CCOC(=O)CN(C(=O)COC(=O)c1cc(Cl)c2c(c1)OCO2)c1ccccc1. The molecule has 1 heterocycles. The molecule has 3 rings (SSSR count). The van der Waals surface area contributed by atoms with Gasteiger partial charge in [0.25, 0.3) is 5.91 Å². The topological polar surface area (TPSA) is 91.4 Å². The van der Waals surface area contributed by atoms with E-state index in [0.717, 1.165) is 0 Å². The van der Waals surface area contributed by atoms with E-state index in [-0.39, 0.29) is 30.5 Å². The first-order valence-electron chi connectivity index (χ1n) is 8.77. The van der Waals surface area contributed by atoms with Crippen molar-refractivity contribution >= 4 is 35.1 Å². The summed E-state index contributed by atoms with van der Waals surface area (Å²) in [7, 11) is 0. The maximum absolute atomic E-state index is 12.6. The smallest absolute Gasteiger partial charge is 0.338 e. The summed E-state index contributed by atoms with van der Waals surface area (Å²) in [5, 5.41) is 0.200. The molecule has 0 bridgehead atoms. The van der Waals surface area contributed by atoms with Gasteiger partial charge in [0.1, 0.15) is 6.54 Å². The van der Waals surface area contributed by atoms with Gasteiger partial charge in [-0.15, -0.1) is 0 Å². The molecule has 1 aliphatic rings. The fourth-order valence-electron chi connectivity index (χ4n) is 2.64. The largest absolute Gasteiger partial charge is 0.465 e.